The van der Waals surface area contributed by atoms with Crippen molar-refractivity contribution in [1.29, 1.82) is 5.41 Å². The summed E-state index contributed by atoms with van der Waals surface area (Å²) in [5.41, 5.74) is 8.48. The average molecular weight is 251 g/mol. The maximum absolute atomic E-state index is 8.06. The largest absolute Gasteiger partial charge is 0.397 e. The van der Waals surface area contributed by atoms with E-state index in [0.29, 0.717) is 11.5 Å². The second-order valence-electron chi connectivity index (χ2n) is 4.25. The van der Waals surface area contributed by atoms with E-state index in [2.05, 4.69) is 0 Å². The van der Waals surface area contributed by atoms with Crippen molar-refractivity contribution in [2.75, 3.05) is 17.7 Å². The van der Waals surface area contributed by atoms with Crippen LogP contribution in [0.5, 0.6) is 0 Å². The first-order chi connectivity index (χ1) is 9.18. The van der Waals surface area contributed by atoms with Crippen LogP contribution in [0.4, 0.5) is 11.4 Å². The van der Waals surface area contributed by atoms with Crippen LogP contribution in [-0.4, -0.2) is 12.9 Å². The highest BCUT2D eigenvalue weighted by molar-refractivity contribution is 6.06. The molecule has 3 N–H and O–H groups in total. The Morgan fingerprint density at radius 2 is 1.68 bits per heavy atom. The van der Waals surface area contributed by atoms with Crippen LogP contribution in [0.1, 0.15) is 5.56 Å². The van der Waals surface area contributed by atoms with Gasteiger partial charge < -0.3 is 10.6 Å². The molecule has 3 nitrogen and oxygen atoms in total. The Bertz CT molecular complexity index is 588. The molecule has 19 heavy (non-hydrogen) atoms. The summed E-state index contributed by atoms with van der Waals surface area (Å²) in [4.78, 5) is 1.76. The third-order valence-electron chi connectivity index (χ3n) is 2.89. The van der Waals surface area contributed by atoms with E-state index in [1.165, 1.54) is 0 Å². The predicted molar refractivity (Wildman–Crippen MR) is 82.5 cm³/mol. The number of amidine groups is 1. The lowest BCUT2D eigenvalue weighted by Crippen LogP contribution is -2.24. The van der Waals surface area contributed by atoms with Crippen molar-refractivity contribution in [3.05, 3.63) is 66.2 Å². The summed E-state index contributed by atoms with van der Waals surface area (Å²) in [7, 11) is 1.84. The number of nitrogens with two attached hydrogens (primary N) is 1. The van der Waals surface area contributed by atoms with Gasteiger partial charge in [-0.05, 0) is 23.8 Å². The van der Waals surface area contributed by atoms with Gasteiger partial charge in [0.05, 0.1) is 11.4 Å². The molecule has 0 spiro atoms. The lowest BCUT2D eigenvalue weighted by molar-refractivity contribution is 1.24. The second kappa shape index (κ2) is 5.87. The van der Waals surface area contributed by atoms with Crippen molar-refractivity contribution in [2.24, 2.45) is 0 Å². The fourth-order valence-corrected chi connectivity index (χ4v) is 1.77. The van der Waals surface area contributed by atoms with Crippen molar-refractivity contribution < 1.29 is 0 Å². The number of para-hydroxylation sites is 2. The van der Waals surface area contributed by atoms with E-state index < -0.39 is 0 Å². The molecule has 0 heterocycles. The lowest BCUT2D eigenvalue weighted by atomic mass is 10.2. The van der Waals surface area contributed by atoms with Gasteiger partial charge >= 0.3 is 0 Å². The van der Waals surface area contributed by atoms with E-state index >= 15 is 0 Å². The van der Waals surface area contributed by atoms with Gasteiger partial charge in [0, 0.05) is 7.05 Å². The van der Waals surface area contributed by atoms with E-state index in [4.69, 9.17) is 11.1 Å². The minimum Gasteiger partial charge on any atom is -0.397 e. The topological polar surface area (TPSA) is 53.1 Å². The monoisotopic (exact) mass is 251 g/mol. The fraction of sp³-hybridized carbons (Fsp3) is 0.0625. The molecule has 0 aromatic heterocycles. The standard InChI is InChI=1S/C16H17N3/c1-19(15-10-6-5-9-14(15)17)16(18)12-11-13-7-3-2-4-8-13/h2-12,18H,17H2,1H3/b12-11+,18-16?. The van der Waals surface area contributed by atoms with Crippen LogP contribution in [-0.2, 0) is 0 Å². The summed E-state index contributed by atoms with van der Waals surface area (Å²) in [6.07, 6.45) is 3.68. The molecule has 2 aromatic carbocycles. The Hall–Kier alpha value is -2.55. The minimum atomic E-state index is 0.391. The summed E-state index contributed by atoms with van der Waals surface area (Å²) < 4.78 is 0. The maximum atomic E-state index is 8.06. The van der Waals surface area contributed by atoms with Crippen molar-refractivity contribution >= 4 is 23.3 Å². The Morgan fingerprint density at radius 3 is 2.37 bits per heavy atom. The quantitative estimate of drug-likeness (QED) is 0.499. The molecule has 0 saturated carbocycles. The van der Waals surface area contributed by atoms with Gasteiger partial charge in [0.2, 0.25) is 0 Å². The highest BCUT2D eigenvalue weighted by Gasteiger charge is 2.06. The molecule has 0 aliphatic carbocycles. The number of hydrogen-bond donors (Lipinski definition) is 2. The highest BCUT2D eigenvalue weighted by Crippen LogP contribution is 2.21. The van der Waals surface area contributed by atoms with Crippen LogP contribution in [0, 0.1) is 5.41 Å². The fourth-order valence-electron chi connectivity index (χ4n) is 1.77. The van der Waals surface area contributed by atoms with Gasteiger partial charge in [-0.2, -0.15) is 0 Å². The molecule has 0 unspecified atom stereocenters. The molecule has 0 fully saturated rings. The van der Waals surface area contributed by atoms with E-state index in [1.807, 2.05) is 67.7 Å². The molecule has 3 heteroatoms. The van der Waals surface area contributed by atoms with Crippen LogP contribution in [0.25, 0.3) is 6.08 Å². The second-order valence-corrected chi connectivity index (χ2v) is 4.25. The first-order valence-electron chi connectivity index (χ1n) is 6.08. The Morgan fingerprint density at radius 1 is 1.05 bits per heavy atom. The lowest BCUT2D eigenvalue weighted by Gasteiger charge is -2.19. The number of nitrogens with one attached hydrogen (secondary N) is 1. The highest BCUT2D eigenvalue weighted by atomic mass is 15.1. The van der Waals surface area contributed by atoms with Crippen LogP contribution in [0.15, 0.2) is 60.7 Å². The first-order valence-corrected chi connectivity index (χ1v) is 6.08. The molecular formula is C16H17N3. The molecule has 2 aromatic rings. The van der Waals surface area contributed by atoms with Crippen molar-refractivity contribution in [3.63, 3.8) is 0 Å². The van der Waals surface area contributed by atoms with Gasteiger partial charge in [-0.15, -0.1) is 0 Å². The number of nitrogen functional groups attached to an aromatic ring is 1. The number of anilines is 2. The van der Waals surface area contributed by atoms with E-state index in [9.17, 15) is 0 Å². The smallest absolute Gasteiger partial charge is 0.124 e. The Labute approximate surface area is 113 Å². The molecule has 0 aliphatic rings. The Kier molecular flexibility index (Phi) is 3.98. The number of likely N-dealkylation sites (N-methyl/N-ethyl adjacent to an activating group) is 1. The van der Waals surface area contributed by atoms with Crippen LogP contribution in [0.2, 0.25) is 0 Å². The molecule has 0 atom stereocenters. The molecule has 0 amide bonds. The zero-order chi connectivity index (χ0) is 13.7. The normalized spacial score (nSPS) is 10.6. The van der Waals surface area contributed by atoms with Gasteiger partial charge in [-0.25, -0.2) is 0 Å². The van der Waals surface area contributed by atoms with E-state index in [1.54, 1.807) is 11.0 Å². The molecule has 2 rings (SSSR count). The molecule has 0 aliphatic heterocycles. The maximum Gasteiger partial charge on any atom is 0.124 e. The summed E-state index contributed by atoms with van der Waals surface area (Å²) in [5, 5.41) is 8.06. The number of nitrogens with zero attached hydrogens (tertiary/aromatic N) is 1. The van der Waals surface area contributed by atoms with Crippen molar-refractivity contribution in [3.8, 4) is 0 Å². The molecule has 0 bridgehead atoms. The predicted octanol–water partition coefficient (Wildman–Crippen LogP) is 3.40. The summed E-state index contributed by atoms with van der Waals surface area (Å²) in [6.45, 7) is 0. The van der Waals surface area contributed by atoms with Gasteiger partial charge in [0.1, 0.15) is 5.84 Å². The number of hydrogen-bond acceptors (Lipinski definition) is 2. The molecule has 96 valence electrons. The third-order valence-corrected chi connectivity index (χ3v) is 2.89. The SMILES string of the molecule is CN(C(=N)/C=C/c1ccccc1)c1ccccc1N. The molecule has 0 saturated heterocycles. The third kappa shape index (κ3) is 3.22. The number of rotatable bonds is 3. The first kappa shape index (κ1) is 12.9. The zero-order valence-electron chi connectivity index (χ0n) is 10.9. The minimum absolute atomic E-state index is 0.391. The average Bonchev–Trinajstić information content (AvgIpc) is 2.45. The number of benzene rings is 2. The van der Waals surface area contributed by atoms with Crippen molar-refractivity contribution in [1.82, 2.24) is 0 Å². The summed E-state index contributed by atoms with van der Waals surface area (Å²) in [6, 6.07) is 17.5. The van der Waals surface area contributed by atoms with E-state index in [0.717, 1.165) is 11.3 Å². The summed E-state index contributed by atoms with van der Waals surface area (Å²) in [5.74, 6) is 0.391. The van der Waals surface area contributed by atoms with Gasteiger partial charge in [-0.1, -0.05) is 48.5 Å². The van der Waals surface area contributed by atoms with Gasteiger partial charge in [0.15, 0.2) is 0 Å². The van der Waals surface area contributed by atoms with Crippen LogP contribution in [0.3, 0.4) is 0 Å². The van der Waals surface area contributed by atoms with Crippen LogP contribution >= 0.6 is 0 Å². The molecular weight excluding hydrogens is 234 g/mol. The van der Waals surface area contributed by atoms with Gasteiger partial charge in [0.25, 0.3) is 0 Å². The van der Waals surface area contributed by atoms with Gasteiger partial charge in [-0.3, -0.25) is 5.41 Å². The summed E-state index contributed by atoms with van der Waals surface area (Å²) >= 11 is 0. The van der Waals surface area contributed by atoms with E-state index in [-0.39, 0.29) is 0 Å². The molecule has 0 radical (unpaired) electrons. The van der Waals surface area contributed by atoms with Crippen molar-refractivity contribution in [2.45, 2.75) is 0 Å². The Balaban J connectivity index is 2.13. The van der Waals surface area contributed by atoms with Crippen LogP contribution < -0.4 is 10.6 Å². The zero-order valence-corrected chi connectivity index (χ0v) is 10.9.